The van der Waals surface area contributed by atoms with Gasteiger partial charge in [-0.2, -0.15) is 0 Å². The summed E-state index contributed by atoms with van der Waals surface area (Å²) in [5.41, 5.74) is 0. The van der Waals surface area contributed by atoms with E-state index in [4.69, 9.17) is 4.74 Å². The molecule has 2 heteroatoms. The molecule has 0 aromatic rings. The quantitative estimate of drug-likeness (QED) is 0.301. The van der Waals surface area contributed by atoms with Gasteiger partial charge in [-0.05, 0) is 43.4 Å². The Morgan fingerprint density at radius 1 is 1.09 bits per heavy atom. The van der Waals surface area contributed by atoms with Crippen LogP contribution in [0.1, 0.15) is 85.0 Å². The molecule has 0 amide bonds. The summed E-state index contributed by atoms with van der Waals surface area (Å²) >= 11 is 0. The summed E-state index contributed by atoms with van der Waals surface area (Å²) in [6.07, 6.45) is 18.4. The van der Waals surface area contributed by atoms with Crippen LogP contribution < -0.4 is 0 Å². The molecular weight excluding hydrogens is 272 g/mol. The van der Waals surface area contributed by atoms with E-state index in [2.05, 4.69) is 26.0 Å². The van der Waals surface area contributed by atoms with E-state index >= 15 is 0 Å². The lowest BCUT2D eigenvalue weighted by Gasteiger charge is -2.10. The maximum absolute atomic E-state index is 10.6. The Hall–Kier alpha value is -0.790. The van der Waals surface area contributed by atoms with Gasteiger partial charge in [0.05, 0.1) is 6.61 Å². The minimum absolute atomic E-state index is 0.162. The zero-order valence-corrected chi connectivity index (χ0v) is 15.0. The highest BCUT2D eigenvalue weighted by Crippen LogP contribution is 2.38. The van der Waals surface area contributed by atoms with Gasteiger partial charge in [-0.1, -0.05) is 64.5 Å². The van der Waals surface area contributed by atoms with Crippen LogP contribution in [0.4, 0.5) is 0 Å². The van der Waals surface area contributed by atoms with Gasteiger partial charge in [0.25, 0.3) is 0 Å². The summed E-state index contributed by atoms with van der Waals surface area (Å²) in [6, 6.07) is 0. The maximum Gasteiger partial charge on any atom is 0.302 e. The first kappa shape index (κ1) is 19.3. The molecule has 0 N–H and O–H groups in total. The number of carbonyl (C=O) groups is 1. The standard InChI is InChI=1S/C13H26O2.C7H10/c1-4-5-6-7-8-9-10-12(2)11-15-13(3)14;1-2-7-4-3-6(1)5-7/h12H,4-11H2,1-3H3;1-2,6-7H,3-5H2. The number of hydrogen-bond acceptors (Lipinski definition) is 2. The van der Waals surface area contributed by atoms with Crippen molar-refractivity contribution in [2.75, 3.05) is 6.61 Å². The molecule has 0 spiro atoms. The molecule has 0 radical (unpaired) electrons. The molecule has 2 nitrogen and oxygen atoms in total. The van der Waals surface area contributed by atoms with E-state index in [0.29, 0.717) is 12.5 Å². The van der Waals surface area contributed by atoms with Gasteiger partial charge in [0.15, 0.2) is 0 Å². The molecule has 128 valence electrons. The van der Waals surface area contributed by atoms with E-state index in [0.717, 1.165) is 11.8 Å². The van der Waals surface area contributed by atoms with Crippen LogP contribution in [0.3, 0.4) is 0 Å². The summed E-state index contributed by atoms with van der Waals surface area (Å²) in [5.74, 6) is 2.33. The van der Waals surface area contributed by atoms with E-state index in [9.17, 15) is 4.79 Å². The molecule has 1 fully saturated rings. The summed E-state index contributed by atoms with van der Waals surface area (Å²) in [4.78, 5) is 10.6. The molecule has 0 aromatic heterocycles. The smallest absolute Gasteiger partial charge is 0.302 e. The molecule has 2 aliphatic carbocycles. The van der Waals surface area contributed by atoms with Crippen LogP contribution in [-0.4, -0.2) is 12.6 Å². The van der Waals surface area contributed by atoms with E-state index in [1.165, 1.54) is 71.1 Å². The van der Waals surface area contributed by atoms with Crippen LogP contribution in [0, 0.1) is 17.8 Å². The molecular formula is C20H36O2. The third kappa shape index (κ3) is 9.27. The second kappa shape index (κ2) is 11.7. The number of ether oxygens (including phenoxy) is 1. The van der Waals surface area contributed by atoms with Crippen molar-refractivity contribution in [3.63, 3.8) is 0 Å². The molecule has 0 saturated heterocycles. The van der Waals surface area contributed by atoms with Crippen molar-refractivity contribution < 1.29 is 9.53 Å². The fraction of sp³-hybridized carbons (Fsp3) is 0.850. The first-order valence-corrected chi connectivity index (χ1v) is 9.43. The molecule has 0 aliphatic heterocycles. The minimum Gasteiger partial charge on any atom is -0.466 e. The van der Waals surface area contributed by atoms with Gasteiger partial charge >= 0.3 is 5.97 Å². The van der Waals surface area contributed by atoms with Gasteiger partial charge in [-0.15, -0.1) is 0 Å². The Balaban J connectivity index is 0.000000279. The number of carbonyl (C=O) groups excluding carboxylic acids is 1. The minimum atomic E-state index is -0.162. The Bertz CT molecular complexity index is 310. The molecule has 0 aromatic carbocycles. The largest absolute Gasteiger partial charge is 0.466 e. The van der Waals surface area contributed by atoms with Crippen LogP contribution in [0.2, 0.25) is 0 Å². The lowest BCUT2D eigenvalue weighted by atomic mass is 10.0. The van der Waals surface area contributed by atoms with Crippen molar-refractivity contribution >= 4 is 5.97 Å². The predicted octanol–water partition coefficient (Wildman–Crippen LogP) is 5.91. The van der Waals surface area contributed by atoms with Crippen LogP contribution >= 0.6 is 0 Å². The Labute approximate surface area is 137 Å². The van der Waals surface area contributed by atoms with Gasteiger partial charge < -0.3 is 4.74 Å². The number of rotatable bonds is 9. The van der Waals surface area contributed by atoms with Gasteiger partial charge in [-0.25, -0.2) is 0 Å². The van der Waals surface area contributed by atoms with E-state index in [-0.39, 0.29) is 5.97 Å². The topological polar surface area (TPSA) is 26.3 Å². The van der Waals surface area contributed by atoms with Crippen LogP contribution in [-0.2, 0) is 9.53 Å². The average molecular weight is 309 g/mol. The Morgan fingerprint density at radius 3 is 2.14 bits per heavy atom. The zero-order chi connectivity index (χ0) is 16.2. The molecule has 2 rings (SSSR count). The Morgan fingerprint density at radius 2 is 1.68 bits per heavy atom. The van der Waals surface area contributed by atoms with Crippen LogP contribution in [0.5, 0.6) is 0 Å². The van der Waals surface area contributed by atoms with Crippen molar-refractivity contribution in [2.24, 2.45) is 17.8 Å². The first-order chi connectivity index (χ1) is 10.6. The summed E-state index contributed by atoms with van der Waals surface area (Å²) in [7, 11) is 0. The second-order valence-electron chi connectivity index (χ2n) is 7.18. The van der Waals surface area contributed by atoms with Crippen molar-refractivity contribution in [3.8, 4) is 0 Å². The van der Waals surface area contributed by atoms with E-state index in [1.807, 2.05) is 0 Å². The Kier molecular flexibility index (Phi) is 10.3. The lowest BCUT2D eigenvalue weighted by molar-refractivity contribution is -0.142. The summed E-state index contributed by atoms with van der Waals surface area (Å²) in [6.45, 7) is 6.44. The lowest BCUT2D eigenvalue weighted by Crippen LogP contribution is -2.09. The number of esters is 1. The number of hydrogen-bond donors (Lipinski definition) is 0. The zero-order valence-electron chi connectivity index (χ0n) is 15.0. The second-order valence-corrected chi connectivity index (χ2v) is 7.18. The highest BCUT2D eigenvalue weighted by Gasteiger charge is 2.25. The van der Waals surface area contributed by atoms with Gasteiger partial charge in [-0.3, -0.25) is 4.79 Å². The number of fused-ring (bicyclic) bond motifs is 2. The SMILES string of the molecule is C1=CC2CCC1C2.CCCCCCCCC(C)COC(C)=O. The average Bonchev–Trinajstić information content (AvgIpc) is 3.14. The third-order valence-electron chi connectivity index (χ3n) is 4.79. The number of unbranched alkanes of at least 4 members (excludes halogenated alkanes) is 5. The normalized spacial score (nSPS) is 23.0. The highest BCUT2D eigenvalue weighted by molar-refractivity contribution is 5.65. The fourth-order valence-corrected chi connectivity index (χ4v) is 3.33. The number of allylic oxidation sites excluding steroid dienone is 2. The molecule has 3 atom stereocenters. The van der Waals surface area contributed by atoms with Crippen LogP contribution in [0.25, 0.3) is 0 Å². The molecule has 2 bridgehead atoms. The van der Waals surface area contributed by atoms with E-state index in [1.54, 1.807) is 0 Å². The molecule has 22 heavy (non-hydrogen) atoms. The summed E-state index contributed by atoms with van der Waals surface area (Å²) < 4.78 is 4.96. The van der Waals surface area contributed by atoms with Gasteiger partial charge in [0.2, 0.25) is 0 Å². The summed E-state index contributed by atoms with van der Waals surface area (Å²) in [5, 5.41) is 0. The predicted molar refractivity (Wildman–Crippen MR) is 93.8 cm³/mol. The monoisotopic (exact) mass is 308 g/mol. The van der Waals surface area contributed by atoms with Crippen molar-refractivity contribution in [1.29, 1.82) is 0 Å². The van der Waals surface area contributed by atoms with Gasteiger partial charge in [0, 0.05) is 6.92 Å². The molecule has 1 saturated carbocycles. The van der Waals surface area contributed by atoms with Crippen molar-refractivity contribution in [3.05, 3.63) is 12.2 Å². The first-order valence-electron chi connectivity index (χ1n) is 9.43. The van der Waals surface area contributed by atoms with Crippen molar-refractivity contribution in [1.82, 2.24) is 0 Å². The fourth-order valence-electron chi connectivity index (χ4n) is 3.33. The van der Waals surface area contributed by atoms with E-state index < -0.39 is 0 Å². The third-order valence-corrected chi connectivity index (χ3v) is 4.79. The molecule has 2 aliphatic rings. The van der Waals surface area contributed by atoms with Crippen molar-refractivity contribution in [2.45, 2.75) is 85.0 Å². The van der Waals surface area contributed by atoms with Crippen LogP contribution in [0.15, 0.2) is 12.2 Å². The maximum atomic E-state index is 10.6. The van der Waals surface area contributed by atoms with Gasteiger partial charge in [0.1, 0.15) is 0 Å². The molecule has 0 heterocycles. The highest BCUT2D eigenvalue weighted by atomic mass is 16.5. The molecule has 3 unspecified atom stereocenters.